The maximum Gasteiger partial charge on any atom is 0.125 e. The van der Waals surface area contributed by atoms with E-state index in [0.717, 1.165) is 11.3 Å². The largest absolute Gasteiger partial charge is 0.300 e. The summed E-state index contributed by atoms with van der Waals surface area (Å²) in [5.74, 6) is 0. The van der Waals surface area contributed by atoms with E-state index in [1.807, 2.05) is 48.5 Å². The van der Waals surface area contributed by atoms with Gasteiger partial charge in [-0.1, -0.05) is 66.8 Å². The maximum absolute atomic E-state index is 5.41. The van der Waals surface area contributed by atoms with E-state index >= 15 is 0 Å². The normalized spacial score (nSPS) is 10.2. The van der Waals surface area contributed by atoms with Crippen molar-refractivity contribution in [1.82, 2.24) is 5.43 Å². The highest BCUT2D eigenvalue weighted by atomic mass is 32.1. The van der Waals surface area contributed by atoms with Gasteiger partial charge in [0.05, 0.1) is 5.69 Å². The first-order valence-corrected chi connectivity index (χ1v) is 6.84. The molecule has 0 aliphatic heterocycles. The molecule has 3 aromatic carbocycles. The van der Waals surface area contributed by atoms with Crippen LogP contribution >= 0.6 is 12.2 Å². The summed E-state index contributed by atoms with van der Waals surface area (Å²) in [6.07, 6.45) is 0. The Balaban J connectivity index is 1.75. The molecule has 0 aliphatic rings. The van der Waals surface area contributed by atoms with Crippen molar-refractivity contribution in [3.05, 3.63) is 78.4 Å². The summed E-state index contributed by atoms with van der Waals surface area (Å²) in [4.78, 5) is 0.680. The van der Waals surface area contributed by atoms with Crippen molar-refractivity contribution < 1.29 is 0 Å². The van der Waals surface area contributed by atoms with Crippen LogP contribution in [-0.4, -0.2) is 4.99 Å². The minimum absolute atomic E-state index is 0.680. The molecule has 0 aromatic heterocycles. The molecule has 3 rings (SSSR count). The highest BCUT2D eigenvalue weighted by Crippen LogP contribution is 2.16. The molecule has 0 fully saturated rings. The fourth-order valence-corrected chi connectivity index (χ4v) is 2.23. The Hall–Kier alpha value is -2.39. The molecule has 0 atom stereocenters. The third kappa shape index (κ3) is 2.78. The molecule has 0 unspecified atom stereocenters. The molecule has 3 heteroatoms. The molecule has 2 N–H and O–H groups in total. The molecular formula is C17H14N2S. The molecule has 20 heavy (non-hydrogen) atoms. The number of hydrogen-bond acceptors (Lipinski definition) is 2. The van der Waals surface area contributed by atoms with Gasteiger partial charge in [0, 0.05) is 5.56 Å². The lowest BCUT2D eigenvalue weighted by Gasteiger charge is -2.11. The number of thiocarbonyl (C=S) groups is 1. The van der Waals surface area contributed by atoms with E-state index < -0.39 is 0 Å². The quantitative estimate of drug-likeness (QED) is 0.556. The maximum atomic E-state index is 5.41. The summed E-state index contributed by atoms with van der Waals surface area (Å²) in [5.41, 5.74) is 8.15. The van der Waals surface area contributed by atoms with Gasteiger partial charge in [0.2, 0.25) is 0 Å². The summed E-state index contributed by atoms with van der Waals surface area (Å²) >= 11 is 5.41. The number of benzene rings is 3. The highest BCUT2D eigenvalue weighted by Gasteiger charge is 2.01. The number of hydrogen-bond donors (Lipinski definition) is 2. The minimum Gasteiger partial charge on any atom is -0.300 e. The lowest BCUT2D eigenvalue weighted by Crippen LogP contribution is -2.28. The zero-order valence-electron chi connectivity index (χ0n) is 10.8. The van der Waals surface area contributed by atoms with Crippen LogP contribution in [0.5, 0.6) is 0 Å². The molecule has 0 bridgehead atoms. The summed E-state index contributed by atoms with van der Waals surface area (Å²) in [7, 11) is 0. The SMILES string of the molecule is S=C(NNc1ccccc1)c1ccc2ccccc2c1. The Bertz CT molecular complexity index is 738. The minimum atomic E-state index is 0.680. The van der Waals surface area contributed by atoms with Crippen molar-refractivity contribution in [3.63, 3.8) is 0 Å². The van der Waals surface area contributed by atoms with Crippen LogP contribution in [0, 0.1) is 0 Å². The van der Waals surface area contributed by atoms with Crippen LogP contribution in [0.4, 0.5) is 5.69 Å². The number of anilines is 1. The van der Waals surface area contributed by atoms with Gasteiger partial charge in [-0.25, -0.2) is 0 Å². The number of rotatable bonds is 3. The summed E-state index contributed by atoms with van der Waals surface area (Å²) < 4.78 is 0. The second-order valence-electron chi connectivity index (χ2n) is 4.51. The first-order valence-electron chi connectivity index (χ1n) is 6.43. The van der Waals surface area contributed by atoms with Gasteiger partial charge >= 0.3 is 0 Å². The lowest BCUT2D eigenvalue weighted by atomic mass is 10.1. The second-order valence-corrected chi connectivity index (χ2v) is 4.92. The van der Waals surface area contributed by atoms with E-state index in [1.54, 1.807) is 0 Å². The zero-order valence-corrected chi connectivity index (χ0v) is 11.7. The predicted molar refractivity (Wildman–Crippen MR) is 88.8 cm³/mol. The van der Waals surface area contributed by atoms with Crippen molar-refractivity contribution in [3.8, 4) is 0 Å². The van der Waals surface area contributed by atoms with Crippen molar-refractivity contribution in [2.24, 2.45) is 0 Å². The van der Waals surface area contributed by atoms with Crippen LogP contribution in [0.3, 0.4) is 0 Å². The summed E-state index contributed by atoms with van der Waals surface area (Å²) in [5, 5.41) is 2.41. The van der Waals surface area contributed by atoms with Crippen LogP contribution in [0.25, 0.3) is 10.8 Å². The Morgan fingerprint density at radius 1 is 0.750 bits per heavy atom. The Morgan fingerprint density at radius 2 is 1.45 bits per heavy atom. The third-order valence-corrected chi connectivity index (χ3v) is 3.44. The van der Waals surface area contributed by atoms with Gasteiger partial charge in [-0.3, -0.25) is 5.43 Å². The smallest absolute Gasteiger partial charge is 0.125 e. The van der Waals surface area contributed by atoms with Crippen molar-refractivity contribution in [2.45, 2.75) is 0 Å². The molecule has 3 aromatic rings. The molecule has 0 radical (unpaired) electrons. The molecule has 0 saturated carbocycles. The Labute approximate surface area is 123 Å². The molecule has 0 spiro atoms. The molecule has 0 saturated heterocycles. The molecule has 2 nitrogen and oxygen atoms in total. The molecular weight excluding hydrogens is 264 g/mol. The lowest BCUT2D eigenvalue weighted by molar-refractivity contribution is 1.14. The first kappa shape index (κ1) is 12.6. The average molecular weight is 278 g/mol. The second kappa shape index (κ2) is 5.72. The Kier molecular flexibility index (Phi) is 3.61. The van der Waals surface area contributed by atoms with Gasteiger partial charge in [-0.05, 0) is 29.0 Å². The van der Waals surface area contributed by atoms with Gasteiger partial charge in [0.25, 0.3) is 0 Å². The molecule has 0 heterocycles. The number of para-hydroxylation sites is 1. The van der Waals surface area contributed by atoms with Crippen LogP contribution in [0.1, 0.15) is 5.56 Å². The zero-order chi connectivity index (χ0) is 13.8. The number of hydrazine groups is 1. The average Bonchev–Trinajstić information content (AvgIpc) is 2.53. The van der Waals surface area contributed by atoms with Crippen LogP contribution in [0.2, 0.25) is 0 Å². The molecule has 0 amide bonds. The van der Waals surface area contributed by atoms with E-state index in [1.165, 1.54) is 10.8 Å². The molecule has 98 valence electrons. The van der Waals surface area contributed by atoms with Gasteiger partial charge in [0.1, 0.15) is 4.99 Å². The van der Waals surface area contributed by atoms with E-state index in [0.29, 0.717) is 4.99 Å². The predicted octanol–water partition coefficient (Wildman–Crippen LogP) is 4.13. The monoisotopic (exact) mass is 278 g/mol. The fraction of sp³-hybridized carbons (Fsp3) is 0. The van der Waals surface area contributed by atoms with Gasteiger partial charge in [-0.15, -0.1) is 0 Å². The van der Waals surface area contributed by atoms with Gasteiger partial charge < -0.3 is 5.43 Å². The van der Waals surface area contributed by atoms with Crippen LogP contribution in [0.15, 0.2) is 72.8 Å². The fourth-order valence-electron chi connectivity index (χ4n) is 2.05. The third-order valence-electron chi connectivity index (χ3n) is 3.11. The van der Waals surface area contributed by atoms with E-state index in [2.05, 4.69) is 35.1 Å². The standard InChI is InChI=1S/C17H14N2S/c20-17(19-18-16-8-2-1-3-9-16)15-11-10-13-6-4-5-7-14(13)12-15/h1-12,18H,(H,19,20). The topological polar surface area (TPSA) is 24.1 Å². The summed E-state index contributed by atoms with van der Waals surface area (Å²) in [6, 6.07) is 24.4. The van der Waals surface area contributed by atoms with Crippen molar-refractivity contribution in [2.75, 3.05) is 5.43 Å². The number of fused-ring (bicyclic) bond motifs is 1. The van der Waals surface area contributed by atoms with E-state index in [-0.39, 0.29) is 0 Å². The van der Waals surface area contributed by atoms with Gasteiger partial charge in [0.15, 0.2) is 0 Å². The first-order chi connectivity index (χ1) is 9.83. The van der Waals surface area contributed by atoms with Crippen LogP contribution in [-0.2, 0) is 0 Å². The van der Waals surface area contributed by atoms with E-state index in [4.69, 9.17) is 12.2 Å². The van der Waals surface area contributed by atoms with Crippen LogP contribution < -0.4 is 10.9 Å². The molecule has 0 aliphatic carbocycles. The number of nitrogens with one attached hydrogen (secondary N) is 2. The van der Waals surface area contributed by atoms with Crippen molar-refractivity contribution in [1.29, 1.82) is 0 Å². The highest BCUT2D eigenvalue weighted by molar-refractivity contribution is 7.80. The van der Waals surface area contributed by atoms with E-state index in [9.17, 15) is 0 Å². The van der Waals surface area contributed by atoms with Crippen molar-refractivity contribution >= 4 is 33.7 Å². The van der Waals surface area contributed by atoms with Gasteiger partial charge in [-0.2, -0.15) is 0 Å². The summed E-state index contributed by atoms with van der Waals surface area (Å²) in [6.45, 7) is 0. The Morgan fingerprint density at radius 3 is 2.25 bits per heavy atom.